The highest BCUT2D eigenvalue weighted by Crippen LogP contribution is 2.34. The lowest BCUT2D eigenvalue weighted by Gasteiger charge is -2.28. The fourth-order valence-corrected chi connectivity index (χ4v) is 5.32. The molecule has 0 N–H and O–H groups in total. The van der Waals surface area contributed by atoms with Gasteiger partial charge in [-0.05, 0) is 38.8 Å². The van der Waals surface area contributed by atoms with E-state index in [9.17, 15) is 10.5 Å². The summed E-state index contributed by atoms with van der Waals surface area (Å²) in [4.78, 5) is 10.7. The van der Waals surface area contributed by atoms with Gasteiger partial charge in [0.15, 0.2) is 6.19 Å². The Morgan fingerprint density at radius 3 is 2.71 bits per heavy atom. The first-order chi connectivity index (χ1) is 18.5. The minimum Gasteiger partial charge on any atom is -0.471 e. The highest BCUT2D eigenvalue weighted by atomic mass is 16.5. The zero-order valence-corrected chi connectivity index (χ0v) is 21.4. The SMILES string of the molecule is Cc1c(-c2cc(OC(C)c3cncc4c3ccn4C)n3c(C#N)cnc3c2)nnn1C1CCN(C#N)CC1. The van der Waals surface area contributed by atoms with Gasteiger partial charge < -0.3 is 14.2 Å². The second kappa shape index (κ2) is 9.20. The Balaban J connectivity index is 1.39. The first kappa shape index (κ1) is 23.5. The zero-order chi connectivity index (χ0) is 26.4. The molecule has 6 rings (SSSR count). The van der Waals surface area contributed by atoms with E-state index in [2.05, 4.69) is 38.6 Å². The van der Waals surface area contributed by atoms with Crippen LogP contribution in [0.1, 0.15) is 48.9 Å². The van der Waals surface area contributed by atoms with Crippen LogP contribution in [0, 0.1) is 29.7 Å². The van der Waals surface area contributed by atoms with Crippen LogP contribution in [0.25, 0.3) is 27.8 Å². The molecule has 0 radical (unpaired) electrons. The van der Waals surface area contributed by atoms with Gasteiger partial charge in [-0.25, -0.2) is 9.67 Å². The van der Waals surface area contributed by atoms with Gasteiger partial charge in [0.1, 0.15) is 29.2 Å². The number of hydrogen-bond donors (Lipinski definition) is 0. The van der Waals surface area contributed by atoms with Crippen molar-refractivity contribution in [1.29, 1.82) is 10.5 Å². The number of imidazole rings is 1. The molecule has 1 unspecified atom stereocenters. The van der Waals surface area contributed by atoms with Crippen LogP contribution in [0.3, 0.4) is 0 Å². The predicted molar refractivity (Wildman–Crippen MR) is 139 cm³/mol. The number of pyridine rings is 2. The number of aryl methyl sites for hydroxylation is 1. The van der Waals surface area contributed by atoms with E-state index in [1.54, 1.807) is 15.5 Å². The van der Waals surface area contributed by atoms with Gasteiger partial charge in [-0.1, -0.05) is 5.21 Å². The van der Waals surface area contributed by atoms with Crippen molar-refractivity contribution >= 4 is 16.6 Å². The average molecular weight is 507 g/mol. The van der Waals surface area contributed by atoms with Gasteiger partial charge in [-0.2, -0.15) is 10.5 Å². The van der Waals surface area contributed by atoms with Gasteiger partial charge in [0, 0.05) is 55.1 Å². The zero-order valence-electron chi connectivity index (χ0n) is 21.4. The Morgan fingerprint density at radius 2 is 1.95 bits per heavy atom. The van der Waals surface area contributed by atoms with E-state index in [0.29, 0.717) is 30.3 Å². The number of likely N-dealkylation sites (tertiary alicyclic amines) is 1. The Bertz CT molecular complexity index is 1740. The number of ether oxygens (including phenoxy) is 1. The highest BCUT2D eigenvalue weighted by Gasteiger charge is 2.25. The molecule has 0 bridgehead atoms. The molecule has 6 heterocycles. The van der Waals surface area contributed by atoms with E-state index < -0.39 is 0 Å². The molecule has 0 amide bonds. The number of fused-ring (bicyclic) bond motifs is 2. The van der Waals surface area contributed by atoms with Crippen LogP contribution in [0.5, 0.6) is 5.88 Å². The molecular formula is C27H26N10O. The van der Waals surface area contributed by atoms with E-state index in [-0.39, 0.29) is 12.1 Å². The fraction of sp³-hybridized carbons (Fsp3) is 0.333. The van der Waals surface area contributed by atoms with Gasteiger partial charge in [-0.15, -0.1) is 5.10 Å². The van der Waals surface area contributed by atoms with Gasteiger partial charge in [0.2, 0.25) is 5.88 Å². The summed E-state index contributed by atoms with van der Waals surface area (Å²) in [6, 6.07) is 8.25. The van der Waals surface area contributed by atoms with E-state index in [1.165, 1.54) is 0 Å². The molecule has 0 aromatic carbocycles. The second-order valence-corrected chi connectivity index (χ2v) is 9.67. The molecular weight excluding hydrogens is 480 g/mol. The lowest BCUT2D eigenvalue weighted by atomic mass is 10.0. The number of nitrogens with zero attached hydrogens (tertiary/aromatic N) is 10. The Labute approximate surface area is 219 Å². The lowest BCUT2D eigenvalue weighted by Crippen LogP contribution is -2.31. The van der Waals surface area contributed by atoms with Crippen molar-refractivity contribution in [2.75, 3.05) is 13.1 Å². The molecule has 1 fully saturated rings. The van der Waals surface area contributed by atoms with Crippen molar-refractivity contribution in [2.24, 2.45) is 7.05 Å². The molecule has 11 heteroatoms. The van der Waals surface area contributed by atoms with E-state index >= 15 is 0 Å². The summed E-state index contributed by atoms with van der Waals surface area (Å²) in [5.74, 6) is 0.489. The number of nitriles is 2. The summed E-state index contributed by atoms with van der Waals surface area (Å²) in [6.07, 6.45) is 10.8. The first-order valence-electron chi connectivity index (χ1n) is 12.5. The summed E-state index contributed by atoms with van der Waals surface area (Å²) < 4.78 is 12.2. The number of aromatic nitrogens is 7. The smallest absolute Gasteiger partial charge is 0.201 e. The predicted octanol–water partition coefficient (Wildman–Crippen LogP) is 3.92. The minimum atomic E-state index is -0.344. The average Bonchev–Trinajstić information content (AvgIpc) is 3.65. The summed E-state index contributed by atoms with van der Waals surface area (Å²) >= 11 is 0. The third kappa shape index (κ3) is 3.80. The maximum Gasteiger partial charge on any atom is 0.201 e. The van der Waals surface area contributed by atoms with Crippen LogP contribution < -0.4 is 4.74 Å². The standard InChI is InChI=1S/C27H26N10O/c1-17-27(32-33-37(17)20-4-8-35(16-29)9-5-20)19-10-25-31-13-21(12-28)36(25)26(11-19)38-18(2)23-14-30-15-24-22(23)6-7-34(24)3/h6-7,10-11,13-15,18,20H,4-5,8-9H2,1-3H3. The monoisotopic (exact) mass is 506 g/mol. The molecule has 0 spiro atoms. The molecule has 5 aromatic heterocycles. The summed E-state index contributed by atoms with van der Waals surface area (Å²) in [7, 11) is 1.99. The Kier molecular flexibility index (Phi) is 5.69. The van der Waals surface area contributed by atoms with Crippen LogP contribution >= 0.6 is 0 Å². The maximum absolute atomic E-state index is 9.73. The number of rotatable bonds is 5. The number of hydrogen-bond acceptors (Lipinski definition) is 8. The second-order valence-electron chi connectivity index (χ2n) is 9.67. The largest absolute Gasteiger partial charge is 0.471 e. The summed E-state index contributed by atoms with van der Waals surface area (Å²) in [6.45, 7) is 5.41. The molecule has 0 saturated carbocycles. The van der Waals surface area contributed by atoms with Crippen LogP contribution in [-0.2, 0) is 7.05 Å². The third-order valence-electron chi connectivity index (χ3n) is 7.42. The van der Waals surface area contributed by atoms with Crippen LogP contribution in [0.15, 0.2) is 43.0 Å². The maximum atomic E-state index is 9.73. The molecule has 190 valence electrons. The van der Waals surface area contributed by atoms with E-state index in [4.69, 9.17) is 4.74 Å². The molecule has 5 aromatic rings. The van der Waals surface area contributed by atoms with E-state index in [1.807, 2.05) is 60.9 Å². The quantitative estimate of drug-likeness (QED) is 0.328. The Morgan fingerprint density at radius 1 is 1.13 bits per heavy atom. The van der Waals surface area contributed by atoms with Crippen molar-refractivity contribution in [3.63, 3.8) is 0 Å². The van der Waals surface area contributed by atoms with Crippen molar-refractivity contribution in [1.82, 2.24) is 38.8 Å². The van der Waals surface area contributed by atoms with Gasteiger partial charge in [-0.3, -0.25) is 9.38 Å². The molecule has 1 atom stereocenters. The molecule has 38 heavy (non-hydrogen) atoms. The molecule has 0 aliphatic carbocycles. The van der Waals surface area contributed by atoms with Gasteiger partial charge in [0.25, 0.3) is 0 Å². The minimum absolute atomic E-state index is 0.191. The summed E-state index contributed by atoms with van der Waals surface area (Å²) in [5.41, 5.74) is 5.43. The molecule has 1 aliphatic rings. The topological polar surface area (TPSA) is 126 Å². The van der Waals surface area contributed by atoms with Gasteiger partial charge in [0.05, 0.1) is 29.6 Å². The van der Waals surface area contributed by atoms with Gasteiger partial charge >= 0.3 is 0 Å². The third-order valence-corrected chi connectivity index (χ3v) is 7.42. The first-order valence-corrected chi connectivity index (χ1v) is 12.5. The molecule has 11 nitrogen and oxygen atoms in total. The van der Waals surface area contributed by atoms with E-state index in [0.717, 1.165) is 46.3 Å². The van der Waals surface area contributed by atoms with Crippen molar-refractivity contribution < 1.29 is 4.74 Å². The summed E-state index contributed by atoms with van der Waals surface area (Å²) in [5, 5.41) is 29.0. The molecule has 1 aliphatic heterocycles. The van der Waals surface area contributed by atoms with Crippen molar-refractivity contribution in [2.45, 2.75) is 38.8 Å². The fourth-order valence-electron chi connectivity index (χ4n) is 5.32. The number of piperidine rings is 1. The lowest BCUT2D eigenvalue weighted by molar-refractivity contribution is 0.216. The van der Waals surface area contributed by atoms with Crippen molar-refractivity contribution in [3.05, 3.63) is 59.9 Å². The highest BCUT2D eigenvalue weighted by molar-refractivity contribution is 5.83. The normalized spacial score (nSPS) is 15.0. The molecule has 1 saturated heterocycles. The van der Waals surface area contributed by atoms with Crippen LogP contribution in [0.4, 0.5) is 0 Å². The van der Waals surface area contributed by atoms with Crippen molar-refractivity contribution in [3.8, 4) is 29.4 Å². The Hall–Kier alpha value is -4.90. The van der Waals surface area contributed by atoms with Crippen LogP contribution in [-0.4, -0.2) is 51.9 Å². The van der Waals surface area contributed by atoms with Crippen LogP contribution in [0.2, 0.25) is 0 Å².